The van der Waals surface area contributed by atoms with E-state index >= 15 is 0 Å². The molecule has 0 amide bonds. The zero-order chi connectivity index (χ0) is 23.9. The first-order chi connectivity index (χ1) is 17.2. The summed E-state index contributed by atoms with van der Waals surface area (Å²) in [6, 6.07) is 13.5. The Kier molecular flexibility index (Phi) is 6.76. The normalized spacial score (nSPS) is 13.7. The van der Waals surface area contributed by atoms with E-state index in [4.69, 9.17) is 4.74 Å². The Morgan fingerprint density at radius 3 is 2.51 bits per heavy atom. The number of hydrazone groups is 1. The molecule has 176 valence electrons. The molecular formula is C24H22FN9O. The van der Waals surface area contributed by atoms with Crippen LogP contribution in [0, 0.1) is 5.82 Å². The summed E-state index contributed by atoms with van der Waals surface area (Å²) in [5, 5.41) is 7.43. The van der Waals surface area contributed by atoms with Gasteiger partial charge in [-0.25, -0.2) is 24.8 Å². The van der Waals surface area contributed by atoms with E-state index in [2.05, 4.69) is 40.8 Å². The second-order valence-electron chi connectivity index (χ2n) is 7.60. The second-order valence-corrected chi connectivity index (χ2v) is 7.60. The zero-order valence-corrected chi connectivity index (χ0v) is 18.7. The highest BCUT2D eigenvalue weighted by atomic mass is 19.1. The fourth-order valence-electron chi connectivity index (χ4n) is 3.47. The monoisotopic (exact) mass is 471 g/mol. The molecule has 4 aromatic rings. The third-order valence-corrected chi connectivity index (χ3v) is 5.24. The Hall–Kier alpha value is -4.51. The van der Waals surface area contributed by atoms with Gasteiger partial charge in [-0.1, -0.05) is 12.1 Å². The lowest BCUT2D eigenvalue weighted by Crippen LogP contribution is -2.37. The molecule has 1 aromatic carbocycles. The summed E-state index contributed by atoms with van der Waals surface area (Å²) in [5.41, 5.74) is 7.01. The molecule has 0 bridgehead atoms. The van der Waals surface area contributed by atoms with Crippen LogP contribution in [0.3, 0.4) is 0 Å². The van der Waals surface area contributed by atoms with Crippen LogP contribution in [0.15, 0.2) is 72.5 Å². The molecule has 0 saturated carbocycles. The molecule has 0 unspecified atom stereocenters. The van der Waals surface area contributed by atoms with Crippen LogP contribution in [0.2, 0.25) is 0 Å². The van der Waals surface area contributed by atoms with Crippen LogP contribution in [0.4, 0.5) is 27.5 Å². The summed E-state index contributed by atoms with van der Waals surface area (Å²) in [6.07, 6.45) is 7.64. The maximum Gasteiger partial charge on any atom is 0.245 e. The quantitative estimate of drug-likeness (QED) is 0.309. The number of aromatic nitrogens is 5. The van der Waals surface area contributed by atoms with E-state index in [1.54, 1.807) is 18.6 Å². The van der Waals surface area contributed by atoms with E-state index in [1.807, 2.05) is 47.4 Å². The van der Waals surface area contributed by atoms with Gasteiger partial charge in [-0.2, -0.15) is 10.1 Å². The zero-order valence-electron chi connectivity index (χ0n) is 18.7. The third-order valence-electron chi connectivity index (χ3n) is 5.24. The highest BCUT2D eigenvalue weighted by molar-refractivity contribution is 5.78. The predicted octanol–water partition coefficient (Wildman–Crippen LogP) is 3.49. The fraction of sp³-hybridized carbons (Fsp3) is 0.167. The van der Waals surface area contributed by atoms with Crippen molar-refractivity contribution in [1.82, 2.24) is 24.9 Å². The van der Waals surface area contributed by atoms with E-state index in [-0.39, 0.29) is 11.8 Å². The smallest absolute Gasteiger partial charge is 0.245 e. The number of anilines is 4. The summed E-state index contributed by atoms with van der Waals surface area (Å²) in [7, 11) is 0. The fourth-order valence-corrected chi connectivity index (χ4v) is 3.47. The molecule has 1 saturated heterocycles. The van der Waals surface area contributed by atoms with Gasteiger partial charge >= 0.3 is 0 Å². The van der Waals surface area contributed by atoms with Gasteiger partial charge in [0.05, 0.1) is 48.9 Å². The van der Waals surface area contributed by atoms with Gasteiger partial charge in [0.2, 0.25) is 5.95 Å². The molecule has 0 radical (unpaired) electrons. The van der Waals surface area contributed by atoms with Gasteiger partial charge in [0.25, 0.3) is 0 Å². The highest BCUT2D eigenvalue weighted by Crippen LogP contribution is 2.21. The minimum Gasteiger partial charge on any atom is -0.378 e. The molecule has 2 N–H and O–H groups in total. The molecule has 35 heavy (non-hydrogen) atoms. The van der Waals surface area contributed by atoms with Gasteiger partial charge in [0.15, 0.2) is 11.6 Å². The Morgan fingerprint density at radius 1 is 0.943 bits per heavy atom. The van der Waals surface area contributed by atoms with E-state index < -0.39 is 5.82 Å². The molecule has 0 atom stereocenters. The lowest BCUT2D eigenvalue weighted by molar-refractivity contribution is 0.122. The van der Waals surface area contributed by atoms with E-state index in [9.17, 15) is 4.39 Å². The molecule has 10 nitrogen and oxygen atoms in total. The number of rotatable bonds is 7. The number of nitrogens with one attached hydrogen (secondary N) is 2. The van der Waals surface area contributed by atoms with Crippen molar-refractivity contribution in [2.24, 2.45) is 5.10 Å². The summed E-state index contributed by atoms with van der Waals surface area (Å²) in [4.78, 5) is 22.6. The largest absolute Gasteiger partial charge is 0.378 e. The number of hydrogen-bond donors (Lipinski definition) is 2. The minimum atomic E-state index is -0.477. The van der Waals surface area contributed by atoms with Crippen molar-refractivity contribution >= 4 is 29.4 Å². The third kappa shape index (κ3) is 5.71. The van der Waals surface area contributed by atoms with Crippen LogP contribution in [0.25, 0.3) is 11.3 Å². The molecule has 0 spiro atoms. The first kappa shape index (κ1) is 22.3. The first-order valence-electron chi connectivity index (χ1n) is 11.0. The van der Waals surface area contributed by atoms with Crippen LogP contribution in [-0.4, -0.2) is 57.4 Å². The lowest BCUT2D eigenvalue weighted by Gasteiger charge is -2.27. The molecule has 1 aliphatic heterocycles. The molecule has 1 fully saturated rings. The summed E-state index contributed by atoms with van der Waals surface area (Å²) in [5.74, 6) is -0.0395. The van der Waals surface area contributed by atoms with Crippen molar-refractivity contribution in [3.8, 4) is 11.3 Å². The summed E-state index contributed by atoms with van der Waals surface area (Å²) >= 11 is 0. The van der Waals surface area contributed by atoms with Crippen molar-refractivity contribution in [2.75, 3.05) is 41.9 Å². The number of halogens is 1. The molecule has 11 heteroatoms. The Morgan fingerprint density at radius 2 is 1.77 bits per heavy atom. The number of pyridine rings is 1. The molecule has 3 aromatic heterocycles. The first-order valence-corrected chi connectivity index (χ1v) is 11.0. The maximum absolute atomic E-state index is 14.1. The lowest BCUT2D eigenvalue weighted by atomic mass is 10.1. The van der Waals surface area contributed by atoms with Gasteiger partial charge in [-0.15, -0.1) is 0 Å². The maximum atomic E-state index is 14.1. The number of morpholine rings is 1. The van der Waals surface area contributed by atoms with Crippen LogP contribution >= 0.6 is 0 Å². The highest BCUT2D eigenvalue weighted by Gasteiger charge is 2.17. The van der Waals surface area contributed by atoms with Crippen molar-refractivity contribution in [1.29, 1.82) is 0 Å². The predicted molar refractivity (Wildman–Crippen MR) is 131 cm³/mol. The topological polar surface area (TPSA) is 113 Å². The van der Waals surface area contributed by atoms with E-state index in [1.165, 1.54) is 6.33 Å². The van der Waals surface area contributed by atoms with Crippen LogP contribution in [0.5, 0.6) is 0 Å². The van der Waals surface area contributed by atoms with Crippen LogP contribution in [-0.2, 0) is 4.74 Å². The molecule has 1 aliphatic rings. The SMILES string of the molecule is Fc1cnc(N/N=C/c2ccc(Nc3ccc(-c4ccncn4)cc3)cn2)nc1N1CCOCC1. The Balaban J connectivity index is 1.18. The van der Waals surface area contributed by atoms with Crippen molar-refractivity contribution in [3.63, 3.8) is 0 Å². The second kappa shape index (κ2) is 10.6. The van der Waals surface area contributed by atoms with Crippen LogP contribution < -0.4 is 15.6 Å². The average molecular weight is 472 g/mol. The molecular weight excluding hydrogens is 449 g/mol. The van der Waals surface area contributed by atoms with Gasteiger partial charge in [-0.05, 0) is 30.3 Å². The summed E-state index contributed by atoms with van der Waals surface area (Å²) in [6.45, 7) is 2.23. The van der Waals surface area contributed by atoms with E-state index in [0.29, 0.717) is 32.0 Å². The Bertz CT molecular complexity index is 1280. The van der Waals surface area contributed by atoms with Gasteiger partial charge in [0, 0.05) is 30.5 Å². The average Bonchev–Trinajstić information content (AvgIpc) is 2.92. The summed E-state index contributed by atoms with van der Waals surface area (Å²) < 4.78 is 19.4. The molecule has 4 heterocycles. The number of nitrogens with zero attached hydrogens (tertiary/aromatic N) is 7. The standard InChI is InChI=1S/C24H22FN9O/c25-21-15-28-24(32-23(21)34-9-11-35-12-10-34)33-30-14-19-5-6-20(13-27-19)31-18-3-1-17(2-4-18)22-7-8-26-16-29-22/h1-8,13-16,31H,9-12H2,(H,28,32,33)/b30-14+. The van der Waals surface area contributed by atoms with Crippen molar-refractivity contribution < 1.29 is 9.13 Å². The van der Waals surface area contributed by atoms with Gasteiger partial charge in [0.1, 0.15) is 6.33 Å². The number of benzene rings is 1. The minimum absolute atomic E-state index is 0.202. The van der Waals surface area contributed by atoms with Crippen molar-refractivity contribution in [2.45, 2.75) is 0 Å². The number of ether oxygens (including phenoxy) is 1. The van der Waals surface area contributed by atoms with Gasteiger partial charge < -0.3 is 15.0 Å². The van der Waals surface area contributed by atoms with Crippen molar-refractivity contribution in [3.05, 3.63) is 78.9 Å². The van der Waals surface area contributed by atoms with Gasteiger partial charge in [-0.3, -0.25) is 4.98 Å². The number of hydrogen-bond acceptors (Lipinski definition) is 10. The Labute approximate surface area is 201 Å². The molecule has 0 aliphatic carbocycles. The van der Waals surface area contributed by atoms with E-state index in [0.717, 1.165) is 28.8 Å². The molecule has 5 rings (SSSR count). The van der Waals surface area contributed by atoms with Crippen LogP contribution in [0.1, 0.15) is 5.69 Å².